The van der Waals surface area contributed by atoms with Crippen LogP contribution in [-0.2, 0) is 10.2 Å². The van der Waals surface area contributed by atoms with Crippen LogP contribution in [0, 0.1) is 0 Å². The Labute approximate surface area is 107 Å². The number of hydrogen-bond acceptors (Lipinski definition) is 3. The lowest BCUT2D eigenvalue weighted by atomic mass is 9.81. The third-order valence-corrected chi connectivity index (χ3v) is 3.26. The van der Waals surface area contributed by atoms with Gasteiger partial charge in [0, 0.05) is 17.6 Å². The van der Waals surface area contributed by atoms with Crippen LogP contribution in [0.5, 0.6) is 0 Å². The molecular weight excluding hydrogens is 228 g/mol. The van der Waals surface area contributed by atoms with Crippen molar-refractivity contribution in [3.05, 3.63) is 29.8 Å². The van der Waals surface area contributed by atoms with Gasteiger partial charge in [0.25, 0.3) is 0 Å². The maximum Gasteiger partial charge on any atom is 0.304 e. The lowest BCUT2D eigenvalue weighted by molar-refractivity contribution is -0.138. The van der Waals surface area contributed by atoms with Crippen LogP contribution in [0.15, 0.2) is 29.3 Å². The van der Waals surface area contributed by atoms with E-state index >= 15 is 0 Å². The number of hydrogen-bond donors (Lipinski definition) is 1. The fourth-order valence-corrected chi connectivity index (χ4v) is 2.16. The number of carboxylic acids is 1. The standard InChI is InChI=1S/C14H18N2O2/c1-14(2,9-13(17)18)11-3-5-12(6-4-11)16-8-7-15-10-16/h3-6,10H,7-9H2,1-2H3,(H,17,18). The molecule has 0 saturated heterocycles. The maximum atomic E-state index is 10.8. The number of carbonyl (C=O) groups is 1. The summed E-state index contributed by atoms with van der Waals surface area (Å²) < 4.78 is 0. The van der Waals surface area contributed by atoms with E-state index in [2.05, 4.69) is 9.89 Å². The summed E-state index contributed by atoms with van der Waals surface area (Å²) in [6, 6.07) is 8.06. The normalized spacial score (nSPS) is 15.1. The summed E-state index contributed by atoms with van der Waals surface area (Å²) in [7, 11) is 0. The van der Waals surface area contributed by atoms with Crippen LogP contribution < -0.4 is 4.90 Å². The largest absolute Gasteiger partial charge is 0.481 e. The van der Waals surface area contributed by atoms with Gasteiger partial charge in [-0.1, -0.05) is 26.0 Å². The molecule has 1 aliphatic rings. The highest BCUT2D eigenvalue weighted by Crippen LogP contribution is 2.28. The van der Waals surface area contributed by atoms with Gasteiger partial charge >= 0.3 is 5.97 Å². The molecule has 0 atom stereocenters. The fraction of sp³-hybridized carbons (Fsp3) is 0.429. The van der Waals surface area contributed by atoms with E-state index in [1.165, 1.54) is 0 Å². The molecule has 0 fully saturated rings. The highest BCUT2D eigenvalue weighted by molar-refractivity contribution is 5.81. The zero-order valence-corrected chi connectivity index (χ0v) is 10.8. The fourth-order valence-electron chi connectivity index (χ4n) is 2.16. The molecule has 1 N–H and O–H groups in total. The van der Waals surface area contributed by atoms with Gasteiger partial charge < -0.3 is 10.0 Å². The smallest absolute Gasteiger partial charge is 0.304 e. The predicted molar refractivity (Wildman–Crippen MR) is 72.4 cm³/mol. The van der Waals surface area contributed by atoms with Gasteiger partial charge in [0.05, 0.1) is 19.3 Å². The number of aliphatic carboxylic acids is 1. The molecule has 4 heteroatoms. The quantitative estimate of drug-likeness (QED) is 0.886. The molecule has 0 unspecified atom stereocenters. The Hall–Kier alpha value is -1.84. The summed E-state index contributed by atoms with van der Waals surface area (Å²) in [6.45, 7) is 5.66. The van der Waals surface area contributed by atoms with Gasteiger partial charge in [-0.3, -0.25) is 9.79 Å². The molecule has 0 radical (unpaired) electrons. The molecule has 0 amide bonds. The second-order valence-electron chi connectivity index (χ2n) is 5.22. The lowest BCUT2D eigenvalue weighted by Crippen LogP contribution is -2.22. The number of aliphatic imine (C=N–C) groups is 1. The second kappa shape index (κ2) is 4.80. The Kier molecular flexibility index (Phi) is 3.36. The maximum absolute atomic E-state index is 10.8. The van der Waals surface area contributed by atoms with Gasteiger partial charge in [-0.05, 0) is 17.7 Å². The van der Waals surface area contributed by atoms with Crippen LogP contribution in [-0.4, -0.2) is 30.5 Å². The summed E-state index contributed by atoms with van der Waals surface area (Å²) >= 11 is 0. The van der Waals surface area contributed by atoms with Crippen LogP contribution in [0.1, 0.15) is 25.8 Å². The van der Waals surface area contributed by atoms with E-state index in [0.29, 0.717) is 0 Å². The van der Waals surface area contributed by atoms with Gasteiger partial charge in [0.1, 0.15) is 0 Å². The number of nitrogens with zero attached hydrogens (tertiary/aromatic N) is 2. The molecule has 4 nitrogen and oxygen atoms in total. The topological polar surface area (TPSA) is 52.9 Å². The molecule has 1 aromatic rings. The average Bonchev–Trinajstić information content (AvgIpc) is 2.81. The highest BCUT2D eigenvalue weighted by atomic mass is 16.4. The van der Waals surface area contributed by atoms with Crippen molar-refractivity contribution in [2.24, 2.45) is 4.99 Å². The molecule has 96 valence electrons. The first kappa shape index (κ1) is 12.6. The third-order valence-electron chi connectivity index (χ3n) is 3.26. The summed E-state index contributed by atoms with van der Waals surface area (Å²) in [5.41, 5.74) is 1.81. The molecule has 1 aliphatic heterocycles. The van der Waals surface area contributed by atoms with Gasteiger partial charge in [0.15, 0.2) is 0 Å². The molecule has 2 rings (SSSR count). The molecule has 0 spiro atoms. The summed E-state index contributed by atoms with van der Waals surface area (Å²) in [4.78, 5) is 17.1. The van der Waals surface area contributed by atoms with Crippen molar-refractivity contribution < 1.29 is 9.90 Å². The highest BCUT2D eigenvalue weighted by Gasteiger charge is 2.24. The van der Waals surface area contributed by atoms with E-state index in [1.54, 1.807) is 0 Å². The summed E-state index contributed by atoms with van der Waals surface area (Å²) in [5.74, 6) is -0.768. The SMILES string of the molecule is CC(C)(CC(=O)O)c1ccc(N2C=NCC2)cc1. The van der Waals surface area contributed by atoms with E-state index in [1.807, 2.05) is 44.5 Å². The minimum atomic E-state index is -0.768. The number of benzene rings is 1. The van der Waals surface area contributed by atoms with Crippen molar-refractivity contribution in [2.75, 3.05) is 18.0 Å². The minimum absolute atomic E-state index is 0.136. The molecule has 1 heterocycles. The molecule has 0 aromatic heterocycles. The Bertz CT molecular complexity index is 463. The van der Waals surface area contributed by atoms with E-state index in [-0.39, 0.29) is 11.8 Å². The summed E-state index contributed by atoms with van der Waals surface area (Å²) in [6.07, 6.45) is 1.98. The van der Waals surface area contributed by atoms with Crippen LogP contribution >= 0.6 is 0 Å². The molecule has 0 bridgehead atoms. The van der Waals surface area contributed by atoms with E-state index in [0.717, 1.165) is 24.3 Å². The van der Waals surface area contributed by atoms with Gasteiger partial charge in [-0.25, -0.2) is 0 Å². The van der Waals surface area contributed by atoms with E-state index in [9.17, 15) is 4.79 Å². The van der Waals surface area contributed by atoms with Crippen LogP contribution in [0.25, 0.3) is 0 Å². The van der Waals surface area contributed by atoms with Gasteiger partial charge in [-0.2, -0.15) is 0 Å². The Balaban J connectivity index is 2.16. The third kappa shape index (κ3) is 2.70. The monoisotopic (exact) mass is 246 g/mol. The molecule has 1 aromatic carbocycles. The van der Waals surface area contributed by atoms with Crippen LogP contribution in [0.3, 0.4) is 0 Å². The first-order valence-corrected chi connectivity index (χ1v) is 6.08. The minimum Gasteiger partial charge on any atom is -0.481 e. The summed E-state index contributed by atoms with van der Waals surface area (Å²) in [5, 5.41) is 8.91. The van der Waals surface area contributed by atoms with Crippen molar-refractivity contribution in [1.82, 2.24) is 0 Å². The second-order valence-corrected chi connectivity index (χ2v) is 5.22. The zero-order chi connectivity index (χ0) is 13.2. The number of anilines is 1. The van der Waals surface area contributed by atoms with Crippen molar-refractivity contribution >= 4 is 18.0 Å². The average molecular weight is 246 g/mol. The first-order valence-electron chi connectivity index (χ1n) is 6.08. The van der Waals surface area contributed by atoms with Crippen LogP contribution in [0.4, 0.5) is 5.69 Å². The van der Waals surface area contributed by atoms with Crippen molar-refractivity contribution in [3.8, 4) is 0 Å². The predicted octanol–water partition coefficient (Wildman–Crippen LogP) is 2.29. The molecular formula is C14H18N2O2. The van der Waals surface area contributed by atoms with E-state index < -0.39 is 5.97 Å². The Morgan fingerprint density at radius 3 is 2.56 bits per heavy atom. The first-order chi connectivity index (χ1) is 8.49. The molecule has 18 heavy (non-hydrogen) atoms. The van der Waals surface area contributed by atoms with Crippen molar-refractivity contribution in [3.63, 3.8) is 0 Å². The lowest BCUT2D eigenvalue weighted by Gasteiger charge is -2.24. The molecule has 0 saturated carbocycles. The number of carboxylic acid groups (broad SMARTS) is 1. The van der Waals surface area contributed by atoms with Crippen molar-refractivity contribution in [2.45, 2.75) is 25.7 Å². The Morgan fingerprint density at radius 1 is 1.39 bits per heavy atom. The van der Waals surface area contributed by atoms with E-state index in [4.69, 9.17) is 5.11 Å². The zero-order valence-electron chi connectivity index (χ0n) is 10.8. The Morgan fingerprint density at radius 2 is 2.06 bits per heavy atom. The number of rotatable bonds is 4. The van der Waals surface area contributed by atoms with Gasteiger partial charge in [-0.15, -0.1) is 0 Å². The molecule has 0 aliphatic carbocycles. The van der Waals surface area contributed by atoms with Crippen LogP contribution in [0.2, 0.25) is 0 Å². The van der Waals surface area contributed by atoms with Gasteiger partial charge in [0.2, 0.25) is 0 Å². The van der Waals surface area contributed by atoms with Crippen molar-refractivity contribution in [1.29, 1.82) is 0 Å².